The van der Waals surface area contributed by atoms with Gasteiger partial charge in [-0.25, -0.2) is 4.79 Å². The molecule has 0 amide bonds. The fraction of sp³-hybridized carbons (Fsp3) is 0.462. The van der Waals surface area contributed by atoms with Crippen molar-refractivity contribution >= 4 is 5.97 Å². The number of alkyl halides is 3. The molecule has 0 aliphatic rings. The highest BCUT2D eigenvalue weighted by Crippen LogP contribution is 2.39. The number of carbonyl (C=O) groups is 1. The summed E-state index contributed by atoms with van der Waals surface area (Å²) < 4.78 is 47.3. The maximum atomic E-state index is 13.3. The van der Waals surface area contributed by atoms with E-state index in [9.17, 15) is 18.0 Å². The average molecular weight is 316 g/mol. The quantitative estimate of drug-likeness (QED) is 0.815. The zero-order valence-electron chi connectivity index (χ0n) is 12.5. The fourth-order valence-electron chi connectivity index (χ4n) is 2.16. The SMILES string of the molecule is Cc1nn(C)c(C)c1C(OC(=O)c1cnn(C)c1)C(F)(F)F. The third kappa shape index (κ3) is 2.97. The number of aryl methyl sites for hydroxylation is 3. The third-order valence-electron chi connectivity index (χ3n) is 3.29. The highest BCUT2D eigenvalue weighted by atomic mass is 19.4. The van der Waals surface area contributed by atoms with Crippen molar-refractivity contribution in [1.29, 1.82) is 0 Å². The second kappa shape index (κ2) is 5.47. The molecule has 2 aromatic heterocycles. The van der Waals surface area contributed by atoms with Gasteiger partial charge in [-0.05, 0) is 13.8 Å². The van der Waals surface area contributed by atoms with Crippen LogP contribution in [0.5, 0.6) is 0 Å². The molecule has 22 heavy (non-hydrogen) atoms. The third-order valence-corrected chi connectivity index (χ3v) is 3.29. The van der Waals surface area contributed by atoms with Gasteiger partial charge in [-0.15, -0.1) is 0 Å². The van der Waals surface area contributed by atoms with Crippen molar-refractivity contribution in [2.45, 2.75) is 26.1 Å². The molecular weight excluding hydrogens is 301 g/mol. The first kappa shape index (κ1) is 16.1. The van der Waals surface area contributed by atoms with Gasteiger partial charge in [0.1, 0.15) is 0 Å². The van der Waals surface area contributed by atoms with E-state index in [4.69, 9.17) is 4.74 Å². The normalized spacial score (nSPS) is 13.2. The summed E-state index contributed by atoms with van der Waals surface area (Å²) in [5.41, 5.74) is 0.267. The van der Waals surface area contributed by atoms with E-state index in [1.165, 1.54) is 36.5 Å². The van der Waals surface area contributed by atoms with Crippen LogP contribution in [0.15, 0.2) is 12.4 Å². The monoisotopic (exact) mass is 316 g/mol. The van der Waals surface area contributed by atoms with Gasteiger partial charge in [0.25, 0.3) is 0 Å². The Balaban J connectivity index is 2.38. The summed E-state index contributed by atoms with van der Waals surface area (Å²) in [4.78, 5) is 11.9. The molecule has 2 rings (SSSR count). The molecule has 0 fully saturated rings. The van der Waals surface area contributed by atoms with Crippen LogP contribution in [-0.4, -0.2) is 31.7 Å². The van der Waals surface area contributed by atoms with Gasteiger partial charge in [-0.3, -0.25) is 9.36 Å². The van der Waals surface area contributed by atoms with Gasteiger partial charge in [-0.1, -0.05) is 0 Å². The van der Waals surface area contributed by atoms with Crippen molar-refractivity contribution in [2.75, 3.05) is 0 Å². The summed E-state index contributed by atoms with van der Waals surface area (Å²) in [5.74, 6) is -1.09. The molecule has 0 N–H and O–H groups in total. The lowest BCUT2D eigenvalue weighted by Gasteiger charge is -2.21. The van der Waals surface area contributed by atoms with Crippen molar-refractivity contribution < 1.29 is 22.7 Å². The van der Waals surface area contributed by atoms with Crippen molar-refractivity contribution in [2.24, 2.45) is 14.1 Å². The number of hydrogen-bond donors (Lipinski definition) is 0. The number of ether oxygens (including phenoxy) is 1. The standard InChI is InChI=1S/C13H15F3N4O2/c1-7-10(8(2)20(4)18-7)11(13(14,15)16)22-12(21)9-5-17-19(3)6-9/h5-6,11H,1-4H3. The van der Waals surface area contributed by atoms with Crippen LogP contribution >= 0.6 is 0 Å². The van der Waals surface area contributed by atoms with Crippen molar-refractivity contribution in [3.8, 4) is 0 Å². The Kier molecular flexibility index (Phi) is 3.99. The van der Waals surface area contributed by atoms with E-state index >= 15 is 0 Å². The second-order valence-corrected chi connectivity index (χ2v) is 4.94. The number of halogens is 3. The number of esters is 1. The molecule has 1 unspecified atom stereocenters. The van der Waals surface area contributed by atoms with Gasteiger partial charge < -0.3 is 4.74 Å². The summed E-state index contributed by atoms with van der Waals surface area (Å²) in [7, 11) is 3.08. The highest BCUT2D eigenvalue weighted by molar-refractivity contribution is 5.89. The number of nitrogens with zero attached hydrogens (tertiary/aromatic N) is 4. The number of aromatic nitrogens is 4. The highest BCUT2D eigenvalue weighted by Gasteiger charge is 2.46. The molecular formula is C13H15F3N4O2. The molecule has 0 saturated carbocycles. The van der Waals surface area contributed by atoms with E-state index in [1.807, 2.05) is 0 Å². The van der Waals surface area contributed by atoms with Crippen LogP contribution < -0.4 is 0 Å². The minimum atomic E-state index is -4.74. The lowest BCUT2D eigenvalue weighted by Crippen LogP contribution is -2.27. The Bertz CT molecular complexity index is 703. The maximum absolute atomic E-state index is 13.3. The molecule has 0 bridgehead atoms. The summed E-state index contributed by atoms with van der Waals surface area (Å²) in [6, 6.07) is 0. The molecule has 1 atom stereocenters. The molecule has 120 valence electrons. The zero-order valence-corrected chi connectivity index (χ0v) is 12.5. The Labute approximate surface area is 124 Å². The summed E-state index contributed by atoms with van der Waals surface area (Å²) in [6.07, 6.45) is -4.66. The number of hydrogen-bond acceptors (Lipinski definition) is 4. The molecule has 2 aromatic rings. The van der Waals surface area contributed by atoms with Gasteiger partial charge in [-0.2, -0.15) is 23.4 Å². The van der Waals surface area contributed by atoms with E-state index in [1.54, 1.807) is 7.05 Å². The molecule has 9 heteroatoms. The molecule has 0 aliphatic carbocycles. The van der Waals surface area contributed by atoms with Gasteiger partial charge in [0.2, 0.25) is 6.10 Å². The Morgan fingerprint density at radius 3 is 2.36 bits per heavy atom. The van der Waals surface area contributed by atoms with Crippen LogP contribution in [0.25, 0.3) is 0 Å². The van der Waals surface area contributed by atoms with E-state index in [0.717, 1.165) is 6.20 Å². The maximum Gasteiger partial charge on any atom is 0.430 e. The first-order valence-electron chi connectivity index (χ1n) is 6.37. The van der Waals surface area contributed by atoms with Crippen LogP contribution in [0.3, 0.4) is 0 Å². The Hall–Kier alpha value is -2.32. The van der Waals surface area contributed by atoms with Crippen LogP contribution in [0, 0.1) is 13.8 Å². The second-order valence-electron chi connectivity index (χ2n) is 4.94. The molecule has 2 heterocycles. The van der Waals surface area contributed by atoms with E-state index in [2.05, 4.69) is 10.2 Å². The van der Waals surface area contributed by atoms with Gasteiger partial charge >= 0.3 is 12.1 Å². The van der Waals surface area contributed by atoms with E-state index in [0.29, 0.717) is 5.69 Å². The number of rotatable bonds is 3. The Morgan fingerprint density at radius 1 is 1.32 bits per heavy atom. The first-order valence-corrected chi connectivity index (χ1v) is 6.37. The molecule has 6 nitrogen and oxygen atoms in total. The van der Waals surface area contributed by atoms with Crippen LogP contribution in [0.2, 0.25) is 0 Å². The van der Waals surface area contributed by atoms with E-state index < -0.39 is 18.2 Å². The lowest BCUT2D eigenvalue weighted by molar-refractivity contribution is -0.207. The fourth-order valence-corrected chi connectivity index (χ4v) is 2.16. The summed E-state index contributed by atoms with van der Waals surface area (Å²) >= 11 is 0. The zero-order chi connectivity index (χ0) is 16.7. The van der Waals surface area contributed by atoms with Crippen LogP contribution in [0.1, 0.15) is 33.4 Å². The predicted molar refractivity (Wildman–Crippen MR) is 70.1 cm³/mol. The minimum Gasteiger partial charge on any atom is -0.444 e. The first-order chi connectivity index (χ1) is 10.1. The molecule has 0 aromatic carbocycles. The molecule has 0 spiro atoms. The minimum absolute atomic E-state index is 0.0454. The topological polar surface area (TPSA) is 61.9 Å². The molecule has 0 radical (unpaired) electrons. The van der Waals surface area contributed by atoms with Crippen LogP contribution in [0.4, 0.5) is 13.2 Å². The largest absolute Gasteiger partial charge is 0.444 e. The number of carbonyl (C=O) groups excluding carboxylic acids is 1. The predicted octanol–water partition coefficient (Wildman–Crippen LogP) is 2.23. The van der Waals surface area contributed by atoms with E-state index in [-0.39, 0.29) is 16.8 Å². The molecule has 0 saturated heterocycles. The van der Waals surface area contributed by atoms with Crippen molar-refractivity contribution in [3.63, 3.8) is 0 Å². The summed E-state index contributed by atoms with van der Waals surface area (Å²) in [5, 5.41) is 7.68. The van der Waals surface area contributed by atoms with Crippen molar-refractivity contribution in [1.82, 2.24) is 19.6 Å². The lowest BCUT2D eigenvalue weighted by atomic mass is 10.1. The van der Waals surface area contributed by atoms with Gasteiger partial charge in [0.15, 0.2) is 0 Å². The average Bonchev–Trinajstić information content (AvgIpc) is 2.92. The van der Waals surface area contributed by atoms with Gasteiger partial charge in [0.05, 0.1) is 17.5 Å². The van der Waals surface area contributed by atoms with Gasteiger partial charge in [0, 0.05) is 31.5 Å². The smallest absolute Gasteiger partial charge is 0.430 e. The molecule has 0 aliphatic heterocycles. The Morgan fingerprint density at radius 2 is 1.95 bits per heavy atom. The van der Waals surface area contributed by atoms with Crippen molar-refractivity contribution in [3.05, 3.63) is 34.9 Å². The summed E-state index contributed by atoms with van der Waals surface area (Å²) in [6.45, 7) is 2.94. The van der Waals surface area contributed by atoms with Crippen LogP contribution in [-0.2, 0) is 18.8 Å².